The zero-order valence-corrected chi connectivity index (χ0v) is 17.8. The highest BCUT2D eigenvalue weighted by atomic mass is 16.5. The Hall–Kier alpha value is -3.48. The van der Waals surface area contributed by atoms with Gasteiger partial charge in [0.15, 0.2) is 11.5 Å². The number of hydrogen-bond acceptors (Lipinski definition) is 5. The van der Waals surface area contributed by atoms with Crippen LogP contribution in [0.5, 0.6) is 17.2 Å². The Balaban J connectivity index is 1.93. The zero-order chi connectivity index (χ0) is 21.8. The van der Waals surface area contributed by atoms with E-state index in [1.165, 1.54) is 0 Å². The van der Waals surface area contributed by atoms with Gasteiger partial charge in [-0.3, -0.25) is 9.59 Å². The van der Waals surface area contributed by atoms with E-state index in [0.29, 0.717) is 29.2 Å². The SMILES string of the molecule is CCOc1ccc2c(c1)c(=O)c(C(=O)NC(C)c1ccc(OC)c(OC)c1)cn2C. The third-order valence-electron chi connectivity index (χ3n) is 4.97. The highest BCUT2D eigenvalue weighted by Crippen LogP contribution is 2.30. The lowest BCUT2D eigenvalue weighted by Gasteiger charge is -2.17. The molecule has 1 aromatic heterocycles. The number of nitrogens with zero attached hydrogens (tertiary/aromatic N) is 1. The Bertz CT molecular complexity index is 1140. The van der Waals surface area contributed by atoms with E-state index in [1.54, 1.807) is 50.2 Å². The first-order chi connectivity index (χ1) is 14.4. The first-order valence-corrected chi connectivity index (χ1v) is 9.68. The van der Waals surface area contributed by atoms with E-state index in [2.05, 4.69) is 5.32 Å². The topological polar surface area (TPSA) is 78.8 Å². The summed E-state index contributed by atoms with van der Waals surface area (Å²) >= 11 is 0. The molecule has 0 spiro atoms. The molecule has 3 aromatic rings. The molecule has 1 amide bonds. The molecule has 30 heavy (non-hydrogen) atoms. The molecule has 1 heterocycles. The predicted molar refractivity (Wildman–Crippen MR) is 116 cm³/mol. The van der Waals surface area contributed by atoms with Crippen molar-refractivity contribution in [3.8, 4) is 17.2 Å². The zero-order valence-electron chi connectivity index (χ0n) is 17.8. The van der Waals surface area contributed by atoms with Crippen molar-refractivity contribution in [2.45, 2.75) is 19.9 Å². The van der Waals surface area contributed by atoms with E-state index >= 15 is 0 Å². The molecule has 1 N–H and O–H groups in total. The second kappa shape index (κ2) is 8.90. The molecule has 2 aromatic carbocycles. The van der Waals surface area contributed by atoms with Crippen molar-refractivity contribution >= 4 is 16.8 Å². The largest absolute Gasteiger partial charge is 0.494 e. The number of benzene rings is 2. The van der Waals surface area contributed by atoms with Crippen LogP contribution >= 0.6 is 0 Å². The number of amides is 1. The molecule has 158 valence electrons. The molecule has 0 aliphatic heterocycles. The monoisotopic (exact) mass is 410 g/mol. The van der Waals surface area contributed by atoms with Gasteiger partial charge in [0, 0.05) is 13.2 Å². The lowest BCUT2D eigenvalue weighted by atomic mass is 10.1. The van der Waals surface area contributed by atoms with Crippen LogP contribution < -0.4 is 25.0 Å². The van der Waals surface area contributed by atoms with Gasteiger partial charge in [-0.05, 0) is 49.7 Å². The molecule has 3 rings (SSSR count). The van der Waals surface area contributed by atoms with Gasteiger partial charge in [-0.15, -0.1) is 0 Å². The summed E-state index contributed by atoms with van der Waals surface area (Å²) in [5, 5.41) is 3.33. The number of nitrogens with one attached hydrogen (secondary N) is 1. The second-order valence-corrected chi connectivity index (χ2v) is 6.90. The maximum Gasteiger partial charge on any atom is 0.257 e. The number of hydrogen-bond donors (Lipinski definition) is 1. The molecule has 0 radical (unpaired) electrons. The number of carbonyl (C=O) groups is 1. The fourth-order valence-corrected chi connectivity index (χ4v) is 3.37. The average molecular weight is 410 g/mol. The number of ether oxygens (including phenoxy) is 3. The number of carbonyl (C=O) groups excluding carboxylic acids is 1. The molecule has 0 aliphatic carbocycles. The van der Waals surface area contributed by atoms with Crippen LogP contribution in [-0.2, 0) is 7.05 Å². The van der Waals surface area contributed by atoms with Gasteiger partial charge in [-0.25, -0.2) is 0 Å². The van der Waals surface area contributed by atoms with Crippen molar-refractivity contribution in [2.24, 2.45) is 7.05 Å². The summed E-state index contributed by atoms with van der Waals surface area (Å²) < 4.78 is 17.8. The van der Waals surface area contributed by atoms with Crippen LogP contribution in [0.3, 0.4) is 0 Å². The quantitative estimate of drug-likeness (QED) is 0.646. The van der Waals surface area contributed by atoms with Gasteiger partial charge < -0.3 is 24.1 Å². The van der Waals surface area contributed by atoms with Crippen LogP contribution in [0.2, 0.25) is 0 Å². The van der Waals surface area contributed by atoms with Crippen LogP contribution in [0.4, 0.5) is 0 Å². The highest BCUT2D eigenvalue weighted by Gasteiger charge is 2.18. The molecular formula is C23H26N2O5. The number of rotatable bonds is 7. The maximum absolute atomic E-state index is 13.0. The van der Waals surface area contributed by atoms with Crippen molar-refractivity contribution in [3.05, 3.63) is 63.9 Å². The standard InChI is InChI=1S/C23H26N2O5/c1-6-30-16-8-9-19-17(12-16)22(26)18(13-25(19)3)23(27)24-14(2)15-7-10-20(28-4)21(11-15)29-5/h7-14H,6H2,1-5H3,(H,24,27). The summed E-state index contributed by atoms with van der Waals surface area (Å²) in [6.45, 7) is 4.22. The second-order valence-electron chi connectivity index (χ2n) is 6.90. The molecule has 0 aliphatic rings. The number of aromatic nitrogens is 1. The summed E-state index contributed by atoms with van der Waals surface area (Å²) in [7, 11) is 4.92. The van der Waals surface area contributed by atoms with Gasteiger partial charge in [-0.2, -0.15) is 0 Å². The first-order valence-electron chi connectivity index (χ1n) is 9.68. The van der Waals surface area contributed by atoms with Crippen LogP contribution in [-0.4, -0.2) is 31.3 Å². The van der Waals surface area contributed by atoms with Crippen LogP contribution in [0.25, 0.3) is 10.9 Å². The summed E-state index contributed by atoms with van der Waals surface area (Å²) in [5.41, 5.74) is 1.30. The van der Waals surface area contributed by atoms with Gasteiger partial charge in [0.1, 0.15) is 11.3 Å². The van der Waals surface area contributed by atoms with Crippen molar-refractivity contribution < 1.29 is 19.0 Å². The summed E-state index contributed by atoms with van der Waals surface area (Å²) in [5.74, 6) is 1.33. The molecular weight excluding hydrogens is 384 g/mol. The Morgan fingerprint density at radius 2 is 1.83 bits per heavy atom. The van der Waals surface area contributed by atoms with E-state index in [9.17, 15) is 9.59 Å². The molecule has 0 saturated carbocycles. The number of fused-ring (bicyclic) bond motifs is 1. The minimum atomic E-state index is -0.443. The van der Waals surface area contributed by atoms with Gasteiger partial charge in [0.05, 0.1) is 37.8 Å². The number of aryl methyl sites for hydroxylation is 1. The lowest BCUT2D eigenvalue weighted by Crippen LogP contribution is -2.31. The predicted octanol–water partition coefficient (Wildman–Crippen LogP) is 3.45. The van der Waals surface area contributed by atoms with Crippen LogP contribution in [0.15, 0.2) is 47.4 Å². The smallest absolute Gasteiger partial charge is 0.257 e. The van der Waals surface area contributed by atoms with E-state index in [4.69, 9.17) is 14.2 Å². The van der Waals surface area contributed by atoms with E-state index < -0.39 is 5.91 Å². The number of methoxy groups -OCH3 is 2. The third kappa shape index (κ3) is 4.10. The minimum absolute atomic E-state index is 0.0750. The first kappa shape index (κ1) is 21.2. The lowest BCUT2D eigenvalue weighted by molar-refractivity contribution is 0.0938. The van der Waals surface area contributed by atoms with Crippen molar-refractivity contribution in [1.29, 1.82) is 0 Å². The summed E-state index contributed by atoms with van der Waals surface area (Å²) in [6.07, 6.45) is 1.56. The van der Waals surface area contributed by atoms with Crippen LogP contribution in [0, 0.1) is 0 Å². The normalized spacial score (nSPS) is 11.8. The molecule has 7 nitrogen and oxygen atoms in total. The molecule has 1 unspecified atom stereocenters. The Kier molecular flexibility index (Phi) is 6.30. The molecule has 0 fully saturated rings. The third-order valence-corrected chi connectivity index (χ3v) is 4.97. The van der Waals surface area contributed by atoms with Crippen molar-refractivity contribution in [3.63, 3.8) is 0 Å². The van der Waals surface area contributed by atoms with Crippen molar-refractivity contribution in [2.75, 3.05) is 20.8 Å². The molecule has 0 bridgehead atoms. The van der Waals surface area contributed by atoms with Crippen LogP contribution in [0.1, 0.15) is 35.8 Å². The molecule has 0 saturated heterocycles. The highest BCUT2D eigenvalue weighted by molar-refractivity contribution is 5.97. The van der Waals surface area contributed by atoms with Crippen molar-refractivity contribution in [1.82, 2.24) is 9.88 Å². The number of pyridine rings is 1. The van der Waals surface area contributed by atoms with Gasteiger partial charge in [0.2, 0.25) is 5.43 Å². The fourth-order valence-electron chi connectivity index (χ4n) is 3.37. The Morgan fingerprint density at radius 1 is 1.10 bits per heavy atom. The minimum Gasteiger partial charge on any atom is -0.494 e. The fraction of sp³-hybridized carbons (Fsp3) is 0.304. The summed E-state index contributed by atoms with van der Waals surface area (Å²) in [4.78, 5) is 25.9. The van der Waals surface area contributed by atoms with E-state index in [0.717, 1.165) is 11.1 Å². The van der Waals surface area contributed by atoms with Gasteiger partial charge >= 0.3 is 0 Å². The van der Waals surface area contributed by atoms with Gasteiger partial charge in [-0.1, -0.05) is 6.07 Å². The summed E-state index contributed by atoms with van der Waals surface area (Å²) in [6, 6.07) is 10.4. The molecule has 7 heteroatoms. The maximum atomic E-state index is 13.0. The Morgan fingerprint density at radius 3 is 2.50 bits per heavy atom. The average Bonchev–Trinajstić information content (AvgIpc) is 2.75. The molecule has 1 atom stereocenters. The Labute approximate surface area is 175 Å². The van der Waals surface area contributed by atoms with Gasteiger partial charge in [0.25, 0.3) is 5.91 Å². The van der Waals surface area contributed by atoms with E-state index in [-0.39, 0.29) is 17.0 Å². The van der Waals surface area contributed by atoms with E-state index in [1.807, 2.05) is 32.0 Å².